The number of benzene rings is 2. The number of aryl methyl sites for hydroxylation is 1. The monoisotopic (exact) mass is 329 g/mol. The largest absolute Gasteiger partial charge is 0.494 e. The molecule has 0 aliphatic heterocycles. The molecule has 21 heavy (non-hydrogen) atoms. The van der Waals surface area contributed by atoms with Crippen LogP contribution in [0.1, 0.15) is 5.56 Å². The second-order valence-electron chi connectivity index (χ2n) is 4.37. The maximum Gasteiger partial charge on any atom is 0.262 e. The minimum atomic E-state index is -3.85. The van der Waals surface area contributed by atoms with Crippen molar-refractivity contribution < 1.29 is 17.5 Å². The first-order valence-corrected chi connectivity index (χ1v) is 7.82. The lowest BCUT2D eigenvalue weighted by molar-refractivity contribution is 0.385. The summed E-state index contributed by atoms with van der Waals surface area (Å²) in [6.07, 6.45) is 0. The molecule has 0 aliphatic rings. The molecular weight excluding hydrogens is 317 g/mol. The van der Waals surface area contributed by atoms with Crippen LogP contribution < -0.4 is 9.46 Å². The fourth-order valence-corrected chi connectivity index (χ4v) is 2.92. The number of hydrogen-bond donors (Lipinski definition) is 1. The zero-order valence-corrected chi connectivity index (χ0v) is 12.9. The summed E-state index contributed by atoms with van der Waals surface area (Å²) in [7, 11) is -2.58. The molecule has 0 spiro atoms. The first kappa shape index (κ1) is 15.6. The molecule has 0 radical (unpaired) electrons. The van der Waals surface area contributed by atoms with E-state index in [4.69, 9.17) is 16.3 Å². The molecule has 7 heteroatoms. The van der Waals surface area contributed by atoms with Crippen LogP contribution in [-0.4, -0.2) is 15.5 Å². The summed E-state index contributed by atoms with van der Waals surface area (Å²) in [6, 6.07) is 8.12. The molecule has 0 saturated heterocycles. The summed E-state index contributed by atoms with van der Waals surface area (Å²) in [4.78, 5) is -0.0996. The zero-order valence-electron chi connectivity index (χ0n) is 11.4. The van der Waals surface area contributed by atoms with E-state index in [-0.39, 0.29) is 10.6 Å². The summed E-state index contributed by atoms with van der Waals surface area (Å²) in [5.74, 6) is -0.769. The molecule has 0 atom stereocenters. The molecule has 0 heterocycles. The Morgan fingerprint density at radius 3 is 2.52 bits per heavy atom. The van der Waals surface area contributed by atoms with Crippen molar-refractivity contribution >= 4 is 27.3 Å². The van der Waals surface area contributed by atoms with Crippen LogP contribution in [0.4, 0.5) is 10.1 Å². The van der Waals surface area contributed by atoms with Gasteiger partial charge in [0.15, 0.2) is 11.6 Å². The van der Waals surface area contributed by atoms with Gasteiger partial charge in [-0.15, -0.1) is 0 Å². The van der Waals surface area contributed by atoms with E-state index >= 15 is 0 Å². The quantitative estimate of drug-likeness (QED) is 0.932. The topological polar surface area (TPSA) is 55.4 Å². The third-order valence-electron chi connectivity index (χ3n) is 2.86. The van der Waals surface area contributed by atoms with Crippen LogP contribution >= 0.6 is 11.6 Å². The van der Waals surface area contributed by atoms with Gasteiger partial charge < -0.3 is 4.74 Å². The number of nitrogens with one attached hydrogen (secondary N) is 1. The van der Waals surface area contributed by atoms with E-state index in [1.54, 1.807) is 12.1 Å². The molecule has 2 aromatic carbocycles. The van der Waals surface area contributed by atoms with Gasteiger partial charge >= 0.3 is 0 Å². The van der Waals surface area contributed by atoms with Crippen molar-refractivity contribution in [3.05, 3.63) is 52.8 Å². The van der Waals surface area contributed by atoms with Gasteiger partial charge in [-0.1, -0.05) is 17.7 Å². The molecule has 0 aliphatic carbocycles. The maximum absolute atomic E-state index is 13.3. The van der Waals surface area contributed by atoms with Gasteiger partial charge in [-0.25, -0.2) is 12.8 Å². The molecule has 0 unspecified atom stereocenters. The Bertz CT molecular complexity index is 778. The average molecular weight is 330 g/mol. The van der Waals surface area contributed by atoms with E-state index in [0.29, 0.717) is 10.7 Å². The lowest BCUT2D eigenvalue weighted by atomic mass is 10.2. The third-order valence-corrected chi connectivity index (χ3v) is 4.64. The number of anilines is 1. The predicted octanol–water partition coefficient (Wildman–Crippen LogP) is 3.60. The first-order chi connectivity index (χ1) is 9.83. The van der Waals surface area contributed by atoms with Crippen LogP contribution in [0.25, 0.3) is 0 Å². The molecule has 0 amide bonds. The van der Waals surface area contributed by atoms with E-state index in [0.717, 1.165) is 23.8 Å². The van der Waals surface area contributed by atoms with Crippen LogP contribution in [0.3, 0.4) is 0 Å². The molecule has 0 bridgehead atoms. The fourth-order valence-electron chi connectivity index (χ4n) is 1.68. The summed E-state index contributed by atoms with van der Waals surface area (Å²) < 4.78 is 45.0. The Morgan fingerprint density at radius 2 is 1.90 bits per heavy atom. The van der Waals surface area contributed by atoms with Crippen molar-refractivity contribution in [3.8, 4) is 5.75 Å². The van der Waals surface area contributed by atoms with Crippen molar-refractivity contribution in [1.82, 2.24) is 0 Å². The standard InChI is InChI=1S/C14H13ClFNO3S/c1-9-3-4-10(7-12(9)15)17-21(18,19)11-5-6-13(16)14(8-11)20-2/h3-8,17H,1-2H3. The van der Waals surface area contributed by atoms with E-state index in [9.17, 15) is 12.8 Å². The SMILES string of the molecule is COc1cc(S(=O)(=O)Nc2ccc(C)c(Cl)c2)ccc1F. The van der Waals surface area contributed by atoms with Gasteiger partial charge in [0, 0.05) is 11.1 Å². The van der Waals surface area contributed by atoms with E-state index in [1.165, 1.54) is 13.2 Å². The van der Waals surface area contributed by atoms with E-state index < -0.39 is 15.8 Å². The van der Waals surface area contributed by atoms with Crippen LogP contribution in [0.2, 0.25) is 5.02 Å². The molecule has 0 aromatic heterocycles. The molecule has 112 valence electrons. The Morgan fingerprint density at radius 1 is 1.19 bits per heavy atom. The minimum absolute atomic E-state index is 0.0996. The van der Waals surface area contributed by atoms with Crippen molar-refractivity contribution in [3.63, 3.8) is 0 Å². The highest BCUT2D eigenvalue weighted by Crippen LogP contribution is 2.25. The van der Waals surface area contributed by atoms with Crippen molar-refractivity contribution in [1.29, 1.82) is 0 Å². The highest BCUT2D eigenvalue weighted by atomic mass is 35.5. The Hall–Kier alpha value is -1.79. The molecule has 1 N–H and O–H groups in total. The van der Waals surface area contributed by atoms with E-state index in [2.05, 4.69) is 4.72 Å². The number of ether oxygens (including phenoxy) is 1. The van der Waals surface area contributed by atoms with E-state index in [1.807, 2.05) is 6.92 Å². The summed E-state index contributed by atoms with van der Waals surface area (Å²) in [5, 5.41) is 0.451. The number of halogens is 2. The fraction of sp³-hybridized carbons (Fsp3) is 0.143. The average Bonchev–Trinajstić information content (AvgIpc) is 2.43. The normalized spacial score (nSPS) is 11.2. The predicted molar refractivity (Wildman–Crippen MR) is 79.9 cm³/mol. The minimum Gasteiger partial charge on any atom is -0.494 e. The molecular formula is C14H13ClFNO3S. The molecule has 2 aromatic rings. The van der Waals surface area contributed by atoms with Crippen molar-refractivity contribution in [2.75, 3.05) is 11.8 Å². The molecule has 2 rings (SSSR count). The summed E-state index contributed by atoms with van der Waals surface area (Å²) in [5.41, 5.74) is 1.16. The summed E-state index contributed by atoms with van der Waals surface area (Å²) >= 11 is 5.95. The van der Waals surface area contributed by atoms with Crippen LogP contribution in [0.15, 0.2) is 41.3 Å². The van der Waals surface area contributed by atoms with Gasteiger partial charge in [-0.2, -0.15) is 0 Å². The molecule has 0 fully saturated rings. The Labute approximate surface area is 127 Å². The van der Waals surface area contributed by atoms with Crippen LogP contribution in [0.5, 0.6) is 5.75 Å². The smallest absolute Gasteiger partial charge is 0.262 e. The molecule has 4 nitrogen and oxygen atoms in total. The number of hydrogen-bond acceptors (Lipinski definition) is 3. The third kappa shape index (κ3) is 3.46. The van der Waals surface area contributed by atoms with Gasteiger partial charge in [0.05, 0.1) is 17.7 Å². The number of methoxy groups -OCH3 is 1. The van der Waals surface area contributed by atoms with Crippen LogP contribution in [-0.2, 0) is 10.0 Å². The maximum atomic E-state index is 13.3. The highest BCUT2D eigenvalue weighted by molar-refractivity contribution is 7.92. The lowest BCUT2D eigenvalue weighted by Gasteiger charge is -2.10. The second kappa shape index (κ2) is 5.91. The van der Waals surface area contributed by atoms with Crippen molar-refractivity contribution in [2.24, 2.45) is 0 Å². The number of sulfonamides is 1. The van der Waals surface area contributed by atoms with Gasteiger partial charge in [-0.05, 0) is 36.8 Å². The molecule has 0 saturated carbocycles. The van der Waals surface area contributed by atoms with Gasteiger partial charge in [0.1, 0.15) is 0 Å². The second-order valence-corrected chi connectivity index (χ2v) is 6.46. The Balaban J connectivity index is 2.35. The highest BCUT2D eigenvalue weighted by Gasteiger charge is 2.17. The van der Waals surface area contributed by atoms with Gasteiger partial charge in [0.2, 0.25) is 0 Å². The van der Waals surface area contributed by atoms with Gasteiger partial charge in [-0.3, -0.25) is 4.72 Å². The summed E-state index contributed by atoms with van der Waals surface area (Å²) in [6.45, 7) is 1.81. The lowest BCUT2D eigenvalue weighted by Crippen LogP contribution is -2.13. The zero-order chi connectivity index (χ0) is 15.6. The van der Waals surface area contributed by atoms with Crippen molar-refractivity contribution in [2.45, 2.75) is 11.8 Å². The first-order valence-electron chi connectivity index (χ1n) is 5.96. The van der Waals surface area contributed by atoms with Crippen LogP contribution in [0, 0.1) is 12.7 Å². The number of rotatable bonds is 4. The Kier molecular flexibility index (Phi) is 4.39. The van der Waals surface area contributed by atoms with Gasteiger partial charge in [0.25, 0.3) is 10.0 Å².